The van der Waals surface area contributed by atoms with Crippen LogP contribution in [0.4, 0.5) is 0 Å². The van der Waals surface area contributed by atoms with Crippen LogP contribution in [0.25, 0.3) is 0 Å². The third kappa shape index (κ3) is 2.62. The van der Waals surface area contributed by atoms with Crippen molar-refractivity contribution in [2.45, 2.75) is 36.6 Å². The normalized spacial score (nSPS) is 19.4. The lowest BCUT2D eigenvalue weighted by atomic mass is 10.4. The molecule has 0 spiro atoms. The van der Waals surface area contributed by atoms with Crippen molar-refractivity contribution in [1.29, 1.82) is 5.26 Å². The summed E-state index contributed by atoms with van der Waals surface area (Å²) in [5.74, 6) is 0.529. The van der Waals surface area contributed by atoms with E-state index in [1.165, 1.54) is 18.3 Å². The maximum atomic E-state index is 12.6. The van der Waals surface area contributed by atoms with Gasteiger partial charge in [-0.15, -0.1) is 0 Å². The number of hydrogen-bond acceptors (Lipinski definition) is 4. The summed E-state index contributed by atoms with van der Waals surface area (Å²) in [5.41, 5.74) is 0.235. The average molecular weight is 277 g/mol. The SMILES string of the molecule is N#Cc1ccc(S(=O)(=O)N(CC2CC2)C2CC2)cn1. The molecule has 1 heterocycles. The van der Waals surface area contributed by atoms with Gasteiger partial charge < -0.3 is 0 Å². The lowest BCUT2D eigenvalue weighted by Gasteiger charge is -2.21. The van der Waals surface area contributed by atoms with Crippen LogP contribution in [0, 0.1) is 17.2 Å². The molecule has 0 bridgehead atoms. The number of rotatable bonds is 5. The lowest BCUT2D eigenvalue weighted by molar-refractivity contribution is 0.388. The third-order valence-corrected chi connectivity index (χ3v) is 5.45. The van der Waals surface area contributed by atoms with Gasteiger partial charge in [0, 0.05) is 18.8 Å². The molecule has 1 aromatic rings. The van der Waals surface area contributed by atoms with Gasteiger partial charge >= 0.3 is 0 Å². The van der Waals surface area contributed by atoms with Crippen molar-refractivity contribution >= 4 is 10.0 Å². The first-order chi connectivity index (χ1) is 9.11. The zero-order valence-corrected chi connectivity index (χ0v) is 11.3. The largest absolute Gasteiger partial charge is 0.244 e. The van der Waals surface area contributed by atoms with E-state index in [9.17, 15) is 8.42 Å². The smallest absolute Gasteiger partial charge is 0.244 e. The number of pyridine rings is 1. The molecular formula is C13H15N3O2S. The van der Waals surface area contributed by atoms with Gasteiger partial charge in [0.05, 0.1) is 0 Å². The van der Waals surface area contributed by atoms with Crippen molar-refractivity contribution < 1.29 is 8.42 Å². The first-order valence-corrected chi connectivity index (χ1v) is 7.93. The van der Waals surface area contributed by atoms with Crippen molar-refractivity contribution in [3.8, 4) is 6.07 Å². The van der Waals surface area contributed by atoms with Crippen LogP contribution in [0.5, 0.6) is 0 Å². The fourth-order valence-corrected chi connectivity index (χ4v) is 3.80. The molecule has 2 saturated carbocycles. The van der Waals surface area contributed by atoms with Crippen molar-refractivity contribution in [3.63, 3.8) is 0 Å². The van der Waals surface area contributed by atoms with Gasteiger partial charge in [0.25, 0.3) is 0 Å². The third-order valence-electron chi connectivity index (χ3n) is 3.55. The van der Waals surface area contributed by atoms with Crippen LogP contribution in [0.1, 0.15) is 31.4 Å². The van der Waals surface area contributed by atoms with E-state index in [4.69, 9.17) is 5.26 Å². The highest BCUT2D eigenvalue weighted by Crippen LogP contribution is 2.37. The zero-order valence-electron chi connectivity index (χ0n) is 10.5. The summed E-state index contributed by atoms with van der Waals surface area (Å²) in [6.07, 6.45) is 5.45. The second-order valence-corrected chi connectivity index (χ2v) is 7.13. The van der Waals surface area contributed by atoms with Crippen molar-refractivity contribution in [1.82, 2.24) is 9.29 Å². The highest BCUT2D eigenvalue weighted by molar-refractivity contribution is 7.89. The van der Waals surface area contributed by atoms with Gasteiger partial charge in [0.2, 0.25) is 10.0 Å². The number of nitrogens with zero attached hydrogens (tertiary/aromatic N) is 3. The van der Waals surface area contributed by atoms with Crippen LogP contribution in [0.15, 0.2) is 23.2 Å². The monoisotopic (exact) mass is 277 g/mol. The van der Waals surface area contributed by atoms with Gasteiger partial charge in [-0.05, 0) is 43.7 Å². The summed E-state index contributed by atoms with van der Waals surface area (Å²) in [4.78, 5) is 4.05. The Bertz CT molecular complexity index is 610. The fraction of sp³-hybridized carbons (Fsp3) is 0.538. The molecule has 0 radical (unpaired) electrons. The van der Waals surface area contributed by atoms with E-state index < -0.39 is 10.0 Å². The summed E-state index contributed by atoms with van der Waals surface area (Å²) in [5, 5.41) is 8.69. The minimum atomic E-state index is -3.46. The van der Waals surface area contributed by atoms with Gasteiger partial charge in [0.1, 0.15) is 16.7 Å². The van der Waals surface area contributed by atoms with Gasteiger partial charge in [-0.25, -0.2) is 13.4 Å². The average Bonchev–Trinajstić information content (AvgIpc) is 3.28. The second kappa shape index (κ2) is 4.58. The van der Waals surface area contributed by atoms with Crippen LogP contribution >= 0.6 is 0 Å². The molecule has 0 atom stereocenters. The van der Waals surface area contributed by atoms with E-state index in [1.807, 2.05) is 6.07 Å². The topological polar surface area (TPSA) is 74.1 Å². The number of hydrogen-bond donors (Lipinski definition) is 0. The standard InChI is InChI=1S/C13H15N3O2S/c14-7-11-3-6-13(8-15-11)19(17,18)16(12-4-5-12)9-10-1-2-10/h3,6,8,10,12H,1-2,4-5,9H2. The molecule has 100 valence electrons. The minimum Gasteiger partial charge on any atom is -0.244 e. The van der Waals surface area contributed by atoms with Gasteiger partial charge in [-0.3, -0.25) is 0 Å². The zero-order chi connectivity index (χ0) is 13.5. The van der Waals surface area contributed by atoms with Gasteiger partial charge in [-0.2, -0.15) is 9.57 Å². The Kier molecular flexibility index (Phi) is 3.03. The Morgan fingerprint density at radius 1 is 1.32 bits per heavy atom. The summed E-state index contributed by atoms with van der Waals surface area (Å²) in [7, 11) is -3.46. The Morgan fingerprint density at radius 2 is 2.05 bits per heavy atom. The predicted octanol–water partition coefficient (Wildman–Crippen LogP) is 1.52. The Balaban J connectivity index is 1.87. The molecular weight excluding hydrogens is 262 g/mol. The number of nitriles is 1. The second-order valence-electron chi connectivity index (χ2n) is 5.24. The van der Waals surface area contributed by atoms with E-state index in [0.29, 0.717) is 12.5 Å². The van der Waals surface area contributed by atoms with Gasteiger partial charge in [0.15, 0.2) is 0 Å². The van der Waals surface area contributed by atoms with Crippen molar-refractivity contribution in [3.05, 3.63) is 24.0 Å². The van der Waals surface area contributed by atoms with Crippen LogP contribution < -0.4 is 0 Å². The maximum absolute atomic E-state index is 12.6. The van der Waals surface area contributed by atoms with E-state index in [2.05, 4.69) is 4.98 Å². The molecule has 2 aliphatic carbocycles. The molecule has 0 aliphatic heterocycles. The molecule has 0 unspecified atom stereocenters. The van der Waals surface area contributed by atoms with Gasteiger partial charge in [-0.1, -0.05) is 0 Å². The molecule has 0 aromatic carbocycles. The number of sulfonamides is 1. The summed E-state index contributed by atoms with van der Waals surface area (Å²) >= 11 is 0. The van der Waals surface area contributed by atoms with Crippen LogP contribution in [0.3, 0.4) is 0 Å². The highest BCUT2D eigenvalue weighted by Gasteiger charge is 2.41. The molecule has 6 heteroatoms. The summed E-state index contributed by atoms with van der Waals surface area (Å²) in [6.45, 7) is 0.632. The summed E-state index contributed by atoms with van der Waals surface area (Å²) < 4.78 is 26.8. The minimum absolute atomic E-state index is 0.168. The molecule has 0 N–H and O–H groups in total. The van der Waals surface area contributed by atoms with Crippen LogP contribution in [0.2, 0.25) is 0 Å². The first kappa shape index (κ1) is 12.6. The van der Waals surface area contributed by atoms with E-state index in [0.717, 1.165) is 25.7 Å². The highest BCUT2D eigenvalue weighted by atomic mass is 32.2. The molecule has 2 aliphatic rings. The van der Waals surface area contributed by atoms with E-state index >= 15 is 0 Å². The van der Waals surface area contributed by atoms with Crippen LogP contribution in [-0.4, -0.2) is 30.3 Å². The molecule has 0 amide bonds. The van der Waals surface area contributed by atoms with Crippen molar-refractivity contribution in [2.75, 3.05) is 6.54 Å². The molecule has 0 saturated heterocycles. The molecule has 19 heavy (non-hydrogen) atoms. The summed E-state index contributed by atoms with van der Waals surface area (Å²) in [6, 6.07) is 4.99. The van der Waals surface area contributed by atoms with Crippen molar-refractivity contribution in [2.24, 2.45) is 5.92 Å². The molecule has 2 fully saturated rings. The molecule has 5 nitrogen and oxygen atoms in total. The maximum Gasteiger partial charge on any atom is 0.244 e. The Hall–Kier alpha value is -1.45. The predicted molar refractivity (Wildman–Crippen MR) is 68.6 cm³/mol. The van der Waals surface area contributed by atoms with Crippen LogP contribution in [-0.2, 0) is 10.0 Å². The number of aromatic nitrogens is 1. The fourth-order valence-electron chi connectivity index (χ4n) is 2.10. The first-order valence-electron chi connectivity index (χ1n) is 6.49. The quantitative estimate of drug-likeness (QED) is 0.817. The van der Waals surface area contributed by atoms with E-state index in [-0.39, 0.29) is 16.6 Å². The molecule has 1 aromatic heterocycles. The Labute approximate surface area is 112 Å². The molecule has 3 rings (SSSR count). The van der Waals surface area contributed by atoms with E-state index in [1.54, 1.807) is 4.31 Å². The lowest BCUT2D eigenvalue weighted by Crippen LogP contribution is -2.35. The Morgan fingerprint density at radius 3 is 2.53 bits per heavy atom.